The zero-order valence-corrected chi connectivity index (χ0v) is 8.93. The number of carbonyl (C=O) groups excluding carboxylic acids is 1. The first-order valence-electron chi connectivity index (χ1n) is 5.44. The number of rotatable bonds is 1. The van der Waals surface area contributed by atoms with Gasteiger partial charge in [0.1, 0.15) is 6.29 Å². The quantitative estimate of drug-likeness (QED) is 0.470. The van der Waals surface area contributed by atoms with Gasteiger partial charge in [0.15, 0.2) is 0 Å². The normalized spacial score (nSPS) is 32.4. The second-order valence-corrected chi connectivity index (χ2v) is 4.58. The third-order valence-electron chi connectivity index (χ3n) is 2.91. The fourth-order valence-corrected chi connectivity index (χ4v) is 2.31. The first kappa shape index (κ1) is 11.0. The van der Waals surface area contributed by atoms with E-state index in [1.807, 2.05) is 0 Å². The van der Waals surface area contributed by atoms with Crippen LogP contribution in [0.4, 0.5) is 0 Å². The molecular weight excluding hydrogens is 184 g/mol. The summed E-state index contributed by atoms with van der Waals surface area (Å²) in [5.74, 6) is 0.111. The molecule has 1 rings (SSSR count). The van der Waals surface area contributed by atoms with Gasteiger partial charge in [0.2, 0.25) is 0 Å². The highest BCUT2D eigenvalue weighted by molar-refractivity contribution is 6.21. The number of alkyl halides is 1. The van der Waals surface area contributed by atoms with Crippen LogP contribution >= 0.6 is 11.6 Å². The van der Waals surface area contributed by atoms with Crippen molar-refractivity contribution in [2.45, 2.75) is 56.7 Å². The molecule has 0 amide bonds. The fraction of sp³-hybridized carbons (Fsp3) is 0.909. The molecule has 0 bridgehead atoms. The van der Waals surface area contributed by atoms with E-state index in [1.54, 1.807) is 0 Å². The third-order valence-corrected chi connectivity index (χ3v) is 3.45. The van der Waals surface area contributed by atoms with Crippen LogP contribution in [0.2, 0.25) is 0 Å². The van der Waals surface area contributed by atoms with Crippen LogP contribution in [-0.4, -0.2) is 11.7 Å². The summed E-state index contributed by atoms with van der Waals surface area (Å²) < 4.78 is 0. The van der Waals surface area contributed by atoms with Crippen LogP contribution in [0, 0.1) is 5.92 Å². The van der Waals surface area contributed by atoms with Crippen LogP contribution < -0.4 is 0 Å². The molecular formula is C11H19ClO. The Morgan fingerprint density at radius 2 is 1.46 bits per heavy atom. The Balaban J connectivity index is 2.36. The van der Waals surface area contributed by atoms with Crippen LogP contribution in [0.1, 0.15) is 51.4 Å². The van der Waals surface area contributed by atoms with Crippen molar-refractivity contribution >= 4 is 17.9 Å². The second-order valence-electron chi connectivity index (χ2n) is 4.01. The van der Waals surface area contributed by atoms with Gasteiger partial charge in [-0.05, 0) is 12.8 Å². The molecule has 2 heteroatoms. The molecule has 1 fully saturated rings. The molecule has 76 valence electrons. The second kappa shape index (κ2) is 6.42. The Bertz CT molecular complexity index is 147. The Morgan fingerprint density at radius 3 is 2.08 bits per heavy atom. The Labute approximate surface area is 85.8 Å². The molecule has 13 heavy (non-hydrogen) atoms. The number of hydrogen-bond acceptors (Lipinski definition) is 1. The molecule has 0 N–H and O–H groups in total. The number of hydrogen-bond donors (Lipinski definition) is 0. The summed E-state index contributed by atoms with van der Waals surface area (Å²) in [4.78, 5) is 10.7. The number of carbonyl (C=O) groups is 1. The van der Waals surface area contributed by atoms with Crippen molar-refractivity contribution in [3.05, 3.63) is 0 Å². The van der Waals surface area contributed by atoms with E-state index in [2.05, 4.69) is 0 Å². The van der Waals surface area contributed by atoms with E-state index in [9.17, 15) is 4.79 Å². The van der Waals surface area contributed by atoms with Gasteiger partial charge in [0, 0.05) is 11.3 Å². The maximum atomic E-state index is 10.7. The lowest BCUT2D eigenvalue weighted by Gasteiger charge is -2.18. The predicted octanol–water partition coefficient (Wildman–Crippen LogP) is 3.54. The molecule has 1 aliphatic rings. The maximum Gasteiger partial charge on any atom is 0.124 e. The minimum absolute atomic E-state index is 0.0931. The van der Waals surface area contributed by atoms with Crippen LogP contribution in [0.3, 0.4) is 0 Å². The monoisotopic (exact) mass is 202 g/mol. The van der Waals surface area contributed by atoms with Crippen LogP contribution in [0.5, 0.6) is 0 Å². The molecule has 0 aromatic heterocycles. The lowest BCUT2D eigenvalue weighted by molar-refractivity contribution is -0.111. The van der Waals surface area contributed by atoms with E-state index in [0.717, 1.165) is 19.1 Å². The van der Waals surface area contributed by atoms with E-state index >= 15 is 0 Å². The summed E-state index contributed by atoms with van der Waals surface area (Å²) in [6.45, 7) is 0. The van der Waals surface area contributed by atoms with Gasteiger partial charge >= 0.3 is 0 Å². The smallest absolute Gasteiger partial charge is 0.124 e. The minimum atomic E-state index is 0.0931. The lowest BCUT2D eigenvalue weighted by atomic mass is 9.93. The zero-order valence-electron chi connectivity index (χ0n) is 8.18. The van der Waals surface area contributed by atoms with Gasteiger partial charge in [0.05, 0.1) is 0 Å². The minimum Gasteiger partial charge on any atom is -0.303 e. The van der Waals surface area contributed by atoms with Gasteiger partial charge in [-0.3, -0.25) is 0 Å². The maximum absolute atomic E-state index is 10.7. The molecule has 2 atom stereocenters. The highest BCUT2D eigenvalue weighted by Gasteiger charge is 2.18. The SMILES string of the molecule is O=CC1CCCCCCCCC1Cl. The summed E-state index contributed by atoms with van der Waals surface area (Å²) in [5.41, 5.74) is 0. The van der Waals surface area contributed by atoms with Crippen molar-refractivity contribution in [1.29, 1.82) is 0 Å². The first-order valence-corrected chi connectivity index (χ1v) is 5.87. The molecule has 0 aromatic carbocycles. The van der Waals surface area contributed by atoms with Crippen LogP contribution in [0.15, 0.2) is 0 Å². The van der Waals surface area contributed by atoms with E-state index in [1.165, 1.54) is 38.5 Å². The largest absolute Gasteiger partial charge is 0.303 e. The molecule has 0 aliphatic heterocycles. The molecule has 0 radical (unpaired) electrons. The van der Waals surface area contributed by atoms with Gasteiger partial charge in [-0.25, -0.2) is 0 Å². The first-order chi connectivity index (χ1) is 6.34. The molecule has 0 saturated heterocycles. The number of aldehydes is 1. The summed E-state index contributed by atoms with van der Waals surface area (Å²) in [7, 11) is 0. The van der Waals surface area contributed by atoms with Crippen molar-refractivity contribution in [2.75, 3.05) is 0 Å². The Hall–Kier alpha value is -0.0400. The van der Waals surface area contributed by atoms with Gasteiger partial charge < -0.3 is 4.79 Å². The third kappa shape index (κ3) is 4.12. The molecule has 1 aliphatic carbocycles. The van der Waals surface area contributed by atoms with E-state index in [4.69, 9.17) is 11.6 Å². The summed E-state index contributed by atoms with van der Waals surface area (Å²) in [6.07, 6.45) is 10.7. The zero-order chi connectivity index (χ0) is 9.52. The summed E-state index contributed by atoms with van der Waals surface area (Å²) in [5, 5.41) is 0.0931. The van der Waals surface area contributed by atoms with Crippen molar-refractivity contribution < 1.29 is 4.79 Å². The van der Waals surface area contributed by atoms with E-state index in [0.29, 0.717) is 0 Å². The average molecular weight is 203 g/mol. The van der Waals surface area contributed by atoms with Crippen molar-refractivity contribution in [3.63, 3.8) is 0 Å². The van der Waals surface area contributed by atoms with Gasteiger partial charge in [0.25, 0.3) is 0 Å². The fourth-order valence-electron chi connectivity index (χ4n) is 1.97. The predicted molar refractivity (Wildman–Crippen MR) is 56.1 cm³/mol. The summed E-state index contributed by atoms with van der Waals surface area (Å²) in [6, 6.07) is 0. The lowest BCUT2D eigenvalue weighted by Crippen LogP contribution is -2.17. The van der Waals surface area contributed by atoms with Crippen molar-refractivity contribution in [2.24, 2.45) is 5.92 Å². The van der Waals surface area contributed by atoms with Gasteiger partial charge in [-0.15, -0.1) is 11.6 Å². The molecule has 0 heterocycles. The van der Waals surface area contributed by atoms with Crippen LogP contribution in [-0.2, 0) is 4.79 Å². The topological polar surface area (TPSA) is 17.1 Å². The van der Waals surface area contributed by atoms with Crippen molar-refractivity contribution in [1.82, 2.24) is 0 Å². The Morgan fingerprint density at radius 1 is 0.923 bits per heavy atom. The van der Waals surface area contributed by atoms with E-state index < -0.39 is 0 Å². The van der Waals surface area contributed by atoms with Crippen molar-refractivity contribution in [3.8, 4) is 0 Å². The van der Waals surface area contributed by atoms with Gasteiger partial charge in [-0.2, -0.15) is 0 Å². The number of halogens is 1. The molecule has 0 aromatic rings. The van der Waals surface area contributed by atoms with Crippen LogP contribution in [0.25, 0.3) is 0 Å². The highest BCUT2D eigenvalue weighted by Crippen LogP contribution is 2.24. The Kier molecular flexibility index (Phi) is 5.45. The van der Waals surface area contributed by atoms with E-state index in [-0.39, 0.29) is 11.3 Å². The molecule has 2 unspecified atom stereocenters. The molecule has 0 spiro atoms. The highest BCUT2D eigenvalue weighted by atomic mass is 35.5. The molecule has 1 nitrogen and oxygen atoms in total. The standard InChI is InChI=1S/C11H19ClO/c12-11-8-6-4-2-1-3-5-7-10(11)9-13/h9-11H,1-8H2. The average Bonchev–Trinajstić information content (AvgIpc) is 2.16. The summed E-state index contributed by atoms with van der Waals surface area (Å²) >= 11 is 6.15. The van der Waals surface area contributed by atoms with Gasteiger partial charge in [-0.1, -0.05) is 38.5 Å². The molecule has 1 saturated carbocycles.